The maximum Gasteiger partial charge on any atom is 0.416 e. The molecule has 0 aliphatic rings. The highest BCUT2D eigenvalue weighted by Crippen LogP contribution is 2.31. The first-order valence-corrected chi connectivity index (χ1v) is 11.4. The summed E-state index contributed by atoms with van der Waals surface area (Å²) in [6, 6.07) is 10.9. The van der Waals surface area contributed by atoms with E-state index in [-0.39, 0.29) is 11.2 Å². The lowest BCUT2D eigenvalue weighted by atomic mass is 10.1. The molecule has 3 rings (SSSR count). The fraction of sp³-hybridized carbons (Fsp3) is 0.375. The van der Waals surface area contributed by atoms with Crippen LogP contribution in [0.1, 0.15) is 44.1 Å². The molecule has 0 aliphatic heterocycles. The number of rotatable bonds is 10. The van der Waals surface area contributed by atoms with E-state index in [9.17, 15) is 18.0 Å². The van der Waals surface area contributed by atoms with Gasteiger partial charge < -0.3 is 9.15 Å². The van der Waals surface area contributed by atoms with Gasteiger partial charge in [0.25, 0.3) is 0 Å². The average molecular weight is 497 g/mol. The van der Waals surface area contributed by atoms with E-state index in [0.717, 1.165) is 30.3 Å². The number of fused-ring (bicyclic) bond motifs is 1. The fourth-order valence-electron chi connectivity index (χ4n) is 3.28. The summed E-state index contributed by atoms with van der Waals surface area (Å²) >= 11 is 3.43. The Bertz CT molecular complexity index is 1040. The van der Waals surface area contributed by atoms with E-state index in [2.05, 4.69) is 15.9 Å². The van der Waals surface area contributed by atoms with E-state index in [0.29, 0.717) is 28.9 Å². The van der Waals surface area contributed by atoms with Gasteiger partial charge in [-0.3, -0.25) is 4.79 Å². The van der Waals surface area contributed by atoms with Gasteiger partial charge in [0.15, 0.2) is 5.43 Å². The van der Waals surface area contributed by atoms with Crippen molar-refractivity contribution in [2.45, 2.75) is 44.7 Å². The zero-order valence-electron chi connectivity index (χ0n) is 17.0. The van der Waals surface area contributed by atoms with E-state index < -0.39 is 11.7 Å². The quantitative estimate of drug-likeness (QED) is 0.214. The molecule has 2 aromatic carbocycles. The lowest BCUT2D eigenvalue weighted by Gasteiger charge is -2.09. The molecule has 3 aromatic rings. The van der Waals surface area contributed by atoms with Gasteiger partial charge in [0.1, 0.15) is 17.1 Å². The van der Waals surface area contributed by atoms with Crippen molar-refractivity contribution >= 4 is 26.9 Å². The zero-order chi connectivity index (χ0) is 22.3. The summed E-state index contributed by atoms with van der Waals surface area (Å²) in [6.45, 7) is 0.576. The monoisotopic (exact) mass is 496 g/mol. The first-order chi connectivity index (χ1) is 14.9. The Balaban J connectivity index is 1.67. The maximum absolute atomic E-state index is 12.8. The van der Waals surface area contributed by atoms with Gasteiger partial charge >= 0.3 is 6.18 Å². The van der Waals surface area contributed by atoms with Crippen LogP contribution < -0.4 is 10.2 Å². The molecule has 0 radical (unpaired) electrons. The zero-order valence-corrected chi connectivity index (χ0v) is 18.6. The van der Waals surface area contributed by atoms with Crippen LogP contribution in [-0.4, -0.2) is 11.9 Å². The molecule has 1 aromatic heterocycles. The van der Waals surface area contributed by atoms with Gasteiger partial charge in [-0.1, -0.05) is 53.7 Å². The Morgan fingerprint density at radius 1 is 0.871 bits per heavy atom. The van der Waals surface area contributed by atoms with Crippen LogP contribution in [0.2, 0.25) is 0 Å². The van der Waals surface area contributed by atoms with Crippen molar-refractivity contribution < 1.29 is 22.3 Å². The van der Waals surface area contributed by atoms with Crippen molar-refractivity contribution in [3.8, 4) is 17.1 Å². The van der Waals surface area contributed by atoms with Gasteiger partial charge in [-0.15, -0.1) is 0 Å². The van der Waals surface area contributed by atoms with Crippen LogP contribution in [0.15, 0.2) is 57.7 Å². The number of halogens is 4. The fourth-order valence-corrected chi connectivity index (χ4v) is 3.68. The Morgan fingerprint density at radius 3 is 2.23 bits per heavy atom. The highest BCUT2D eigenvalue weighted by atomic mass is 79.9. The lowest BCUT2D eigenvalue weighted by Crippen LogP contribution is -2.04. The smallest absolute Gasteiger partial charge is 0.416 e. The molecule has 31 heavy (non-hydrogen) atoms. The van der Waals surface area contributed by atoms with Crippen molar-refractivity contribution in [2.75, 3.05) is 11.9 Å². The van der Waals surface area contributed by atoms with Crippen molar-refractivity contribution in [1.82, 2.24) is 0 Å². The van der Waals surface area contributed by atoms with E-state index in [1.54, 1.807) is 18.2 Å². The molecule has 0 fully saturated rings. The van der Waals surface area contributed by atoms with Crippen LogP contribution in [0.4, 0.5) is 13.2 Å². The summed E-state index contributed by atoms with van der Waals surface area (Å²) in [5.74, 6) is 0.811. The molecule has 0 N–H and O–H groups in total. The number of ether oxygens (including phenoxy) is 1. The van der Waals surface area contributed by atoms with Crippen molar-refractivity contribution in [2.24, 2.45) is 0 Å². The predicted molar refractivity (Wildman–Crippen MR) is 120 cm³/mol. The van der Waals surface area contributed by atoms with E-state index >= 15 is 0 Å². The van der Waals surface area contributed by atoms with Gasteiger partial charge in [-0.2, -0.15) is 13.2 Å². The van der Waals surface area contributed by atoms with Gasteiger partial charge in [0.05, 0.1) is 17.6 Å². The summed E-state index contributed by atoms with van der Waals surface area (Å²) in [6.07, 6.45) is 2.47. The van der Waals surface area contributed by atoms with E-state index in [1.807, 2.05) is 0 Å². The second-order valence-electron chi connectivity index (χ2n) is 7.37. The molecule has 0 unspecified atom stereocenters. The SMILES string of the molecule is O=c1cc(-c2ccc(C(F)(F)F)cc2)oc2cc(OCCCCCCCCBr)ccc12. The van der Waals surface area contributed by atoms with Crippen LogP contribution in [0.25, 0.3) is 22.3 Å². The highest BCUT2D eigenvalue weighted by Gasteiger charge is 2.30. The lowest BCUT2D eigenvalue weighted by molar-refractivity contribution is -0.137. The minimum Gasteiger partial charge on any atom is -0.493 e. The third kappa shape index (κ3) is 6.60. The number of hydrogen-bond acceptors (Lipinski definition) is 3. The Labute approximate surface area is 187 Å². The maximum atomic E-state index is 12.8. The van der Waals surface area contributed by atoms with Crippen molar-refractivity contribution in [3.63, 3.8) is 0 Å². The highest BCUT2D eigenvalue weighted by molar-refractivity contribution is 9.09. The van der Waals surface area contributed by atoms with Crippen LogP contribution in [0.3, 0.4) is 0 Å². The molecule has 166 valence electrons. The minimum atomic E-state index is -4.41. The summed E-state index contributed by atoms with van der Waals surface area (Å²) in [7, 11) is 0. The summed E-state index contributed by atoms with van der Waals surface area (Å²) < 4.78 is 49.9. The molecule has 0 saturated carbocycles. The normalized spacial score (nSPS) is 11.7. The van der Waals surface area contributed by atoms with Gasteiger partial charge in [0, 0.05) is 23.0 Å². The Morgan fingerprint density at radius 2 is 1.55 bits per heavy atom. The predicted octanol–water partition coefficient (Wildman–Crippen LogP) is 7.59. The van der Waals surface area contributed by atoms with Gasteiger partial charge in [-0.25, -0.2) is 0 Å². The Hall–Kier alpha value is -2.28. The van der Waals surface area contributed by atoms with Crippen molar-refractivity contribution in [1.29, 1.82) is 0 Å². The van der Waals surface area contributed by atoms with Gasteiger partial charge in [0.2, 0.25) is 0 Å². The van der Waals surface area contributed by atoms with Crippen LogP contribution in [0.5, 0.6) is 5.75 Å². The molecule has 0 amide bonds. The number of hydrogen-bond donors (Lipinski definition) is 0. The summed E-state index contributed by atoms with van der Waals surface area (Å²) in [5, 5.41) is 1.45. The molecule has 0 atom stereocenters. The van der Waals surface area contributed by atoms with E-state index in [4.69, 9.17) is 9.15 Å². The van der Waals surface area contributed by atoms with Crippen LogP contribution >= 0.6 is 15.9 Å². The average Bonchev–Trinajstić information content (AvgIpc) is 2.75. The molecule has 1 heterocycles. The molecular formula is C24H24BrF3O3. The molecule has 0 bridgehead atoms. The topological polar surface area (TPSA) is 39.4 Å². The number of alkyl halides is 4. The second-order valence-corrected chi connectivity index (χ2v) is 8.16. The third-order valence-electron chi connectivity index (χ3n) is 4.99. The Kier molecular flexibility index (Phi) is 8.18. The van der Waals surface area contributed by atoms with Crippen LogP contribution in [0, 0.1) is 0 Å². The molecule has 0 spiro atoms. The molecule has 0 saturated heterocycles. The largest absolute Gasteiger partial charge is 0.493 e. The second kappa shape index (κ2) is 10.8. The van der Waals surface area contributed by atoms with Gasteiger partial charge in [-0.05, 0) is 37.1 Å². The van der Waals surface area contributed by atoms with Crippen LogP contribution in [-0.2, 0) is 6.18 Å². The first-order valence-electron chi connectivity index (χ1n) is 10.3. The minimum absolute atomic E-state index is 0.215. The molecule has 3 nitrogen and oxygen atoms in total. The first kappa shape index (κ1) is 23.4. The van der Waals surface area contributed by atoms with Crippen molar-refractivity contribution in [3.05, 3.63) is 64.3 Å². The summed E-state index contributed by atoms with van der Waals surface area (Å²) in [5.41, 5.74) is -0.266. The molecule has 7 heteroatoms. The van der Waals surface area contributed by atoms with E-state index in [1.165, 1.54) is 43.9 Å². The third-order valence-corrected chi connectivity index (χ3v) is 5.55. The number of unbranched alkanes of at least 4 members (excludes halogenated alkanes) is 5. The number of benzene rings is 2. The molecule has 0 aliphatic carbocycles. The standard InChI is InChI=1S/C24H24BrF3O3/c25-13-5-3-1-2-4-6-14-30-19-11-12-20-21(29)16-22(31-23(20)15-19)17-7-9-18(10-8-17)24(26,27)28/h7-12,15-16H,1-6,13-14H2. The summed E-state index contributed by atoms with van der Waals surface area (Å²) in [4.78, 5) is 12.4. The molecular weight excluding hydrogens is 473 g/mol.